The lowest BCUT2D eigenvalue weighted by atomic mass is 10.1. The number of nitrogens with one attached hydrogen (secondary N) is 1. The van der Waals surface area contributed by atoms with Crippen molar-refractivity contribution >= 4 is 33.5 Å². The number of rotatable bonds is 6. The molecule has 18 heavy (non-hydrogen) atoms. The average Bonchev–Trinajstić information content (AvgIpc) is 2.64. The monoisotopic (exact) mass is 295 g/mol. The Kier molecular flexibility index (Phi) is 5.46. The van der Waals surface area contributed by atoms with Crippen molar-refractivity contribution in [2.45, 2.75) is 18.9 Å². The van der Waals surface area contributed by atoms with E-state index in [4.69, 9.17) is 5.11 Å². The van der Waals surface area contributed by atoms with Crippen molar-refractivity contribution in [3.05, 3.63) is 0 Å². The molecular weight excluding hydrogens is 278 g/mol. The molecule has 2 N–H and O–H groups in total. The molecule has 2 atom stereocenters. The number of hydrogen-bond acceptors (Lipinski definition) is 5. The van der Waals surface area contributed by atoms with Crippen molar-refractivity contribution < 1.29 is 23.1 Å². The summed E-state index contributed by atoms with van der Waals surface area (Å²) in [5.74, 6) is -1.70. The lowest BCUT2D eigenvalue weighted by molar-refractivity contribution is -0.142. The molecule has 1 amide bonds. The van der Waals surface area contributed by atoms with Crippen LogP contribution in [0, 0.1) is 5.92 Å². The Bertz CT molecular complexity index is 420. The highest BCUT2D eigenvalue weighted by Crippen LogP contribution is 2.18. The van der Waals surface area contributed by atoms with Gasteiger partial charge in [-0.15, -0.1) is 0 Å². The molecule has 0 saturated carbocycles. The Morgan fingerprint density at radius 2 is 2.17 bits per heavy atom. The summed E-state index contributed by atoms with van der Waals surface area (Å²) < 4.78 is 22.5. The van der Waals surface area contributed by atoms with Gasteiger partial charge < -0.3 is 10.4 Å². The third-order valence-corrected chi connectivity index (χ3v) is 5.24. The number of sulfone groups is 1. The lowest BCUT2D eigenvalue weighted by Crippen LogP contribution is -2.44. The van der Waals surface area contributed by atoms with E-state index in [9.17, 15) is 18.0 Å². The second-order valence-corrected chi connectivity index (χ2v) is 7.50. The molecule has 0 aliphatic carbocycles. The summed E-state index contributed by atoms with van der Waals surface area (Å²) in [7, 11) is -3.13. The zero-order valence-electron chi connectivity index (χ0n) is 10.1. The fraction of sp³-hybridized carbons (Fsp3) is 0.800. The normalized spacial score (nSPS) is 23.5. The highest BCUT2D eigenvalue weighted by atomic mass is 32.2. The SMILES string of the molecule is CSCCC(NC(=O)C1CCS(=O)(=O)C1)C(=O)O. The Balaban J connectivity index is 2.54. The van der Waals surface area contributed by atoms with Gasteiger partial charge in [-0.1, -0.05) is 0 Å². The summed E-state index contributed by atoms with van der Waals surface area (Å²) in [6.45, 7) is 0. The van der Waals surface area contributed by atoms with E-state index in [1.54, 1.807) is 0 Å². The van der Waals surface area contributed by atoms with Crippen LogP contribution in [-0.2, 0) is 19.4 Å². The van der Waals surface area contributed by atoms with E-state index in [0.29, 0.717) is 12.2 Å². The smallest absolute Gasteiger partial charge is 0.326 e. The predicted octanol–water partition coefficient (Wildman–Crippen LogP) is -0.256. The molecule has 6 nitrogen and oxygen atoms in total. The first-order valence-corrected chi connectivity index (χ1v) is 8.80. The molecule has 1 rings (SSSR count). The topological polar surface area (TPSA) is 101 Å². The van der Waals surface area contributed by atoms with Crippen molar-refractivity contribution in [3.8, 4) is 0 Å². The van der Waals surface area contributed by atoms with Gasteiger partial charge in [0.15, 0.2) is 9.84 Å². The second-order valence-electron chi connectivity index (χ2n) is 4.28. The van der Waals surface area contributed by atoms with Crippen LogP contribution in [-0.4, -0.2) is 55.0 Å². The predicted molar refractivity (Wildman–Crippen MR) is 69.3 cm³/mol. The Morgan fingerprint density at radius 3 is 2.61 bits per heavy atom. The van der Waals surface area contributed by atoms with E-state index in [2.05, 4.69) is 5.32 Å². The highest BCUT2D eigenvalue weighted by Gasteiger charge is 2.34. The first-order valence-electron chi connectivity index (χ1n) is 5.58. The average molecular weight is 295 g/mol. The first-order chi connectivity index (χ1) is 8.35. The van der Waals surface area contributed by atoms with Crippen LogP contribution >= 0.6 is 11.8 Å². The minimum atomic E-state index is -3.13. The van der Waals surface area contributed by atoms with E-state index < -0.39 is 33.7 Å². The van der Waals surface area contributed by atoms with Crippen molar-refractivity contribution in [3.63, 3.8) is 0 Å². The molecule has 0 aromatic carbocycles. The minimum Gasteiger partial charge on any atom is -0.480 e. The van der Waals surface area contributed by atoms with Gasteiger partial charge in [0, 0.05) is 0 Å². The Hall–Kier alpha value is -0.760. The minimum absolute atomic E-state index is 0.00758. The fourth-order valence-corrected chi connectivity index (χ4v) is 4.00. The molecule has 0 bridgehead atoms. The molecule has 0 radical (unpaired) electrons. The van der Waals surface area contributed by atoms with Gasteiger partial charge in [0.25, 0.3) is 0 Å². The molecule has 0 aromatic heterocycles. The van der Waals surface area contributed by atoms with Crippen LogP contribution in [0.5, 0.6) is 0 Å². The van der Waals surface area contributed by atoms with Crippen molar-refractivity contribution in [2.75, 3.05) is 23.5 Å². The Labute approximate surface area is 110 Å². The van der Waals surface area contributed by atoms with Crippen LogP contribution in [0.3, 0.4) is 0 Å². The third kappa shape index (κ3) is 4.49. The molecule has 1 aliphatic heterocycles. The van der Waals surface area contributed by atoms with Gasteiger partial charge >= 0.3 is 5.97 Å². The highest BCUT2D eigenvalue weighted by molar-refractivity contribution is 7.98. The van der Waals surface area contributed by atoms with Crippen molar-refractivity contribution in [1.29, 1.82) is 0 Å². The zero-order valence-corrected chi connectivity index (χ0v) is 11.7. The maximum atomic E-state index is 11.8. The van der Waals surface area contributed by atoms with E-state index in [1.807, 2.05) is 6.26 Å². The molecule has 1 fully saturated rings. The molecule has 8 heteroatoms. The van der Waals surface area contributed by atoms with Crippen LogP contribution < -0.4 is 5.32 Å². The van der Waals surface area contributed by atoms with Crippen molar-refractivity contribution in [2.24, 2.45) is 5.92 Å². The van der Waals surface area contributed by atoms with Crippen LogP contribution in [0.25, 0.3) is 0 Å². The van der Waals surface area contributed by atoms with Gasteiger partial charge in [-0.2, -0.15) is 11.8 Å². The third-order valence-electron chi connectivity index (χ3n) is 2.83. The molecular formula is C10H17NO5S2. The summed E-state index contributed by atoms with van der Waals surface area (Å²) in [6.07, 6.45) is 2.47. The van der Waals surface area contributed by atoms with E-state index >= 15 is 0 Å². The van der Waals surface area contributed by atoms with Crippen molar-refractivity contribution in [1.82, 2.24) is 5.32 Å². The molecule has 2 unspecified atom stereocenters. The number of carboxylic acid groups (broad SMARTS) is 1. The summed E-state index contributed by atoms with van der Waals surface area (Å²) in [5.41, 5.74) is 0. The van der Waals surface area contributed by atoms with Gasteiger partial charge in [-0.3, -0.25) is 4.79 Å². The zero-order chi connectivity index (χ0) is 13.8. The summed E-state index contributed by atoms with van der Waals surface area (Å²) in [6, 6.07) is -0.937. The number of carbonyl (C=O) groups excluding carboxylic acids is 1. The Morgan fingerprint density at radius 1 is 1.50 bits per heavy atom. The maximum Gasteiger partial charge on any atom is 0.326 e. The molecule has 1 aliphatic rings. The van der Waals surface area contributed by atoms with Crippen LogP contribution in [0.2, 0.25) is 0 Å². The van der Waals surface area contributed by atoms with Crippen LogP contribution in [0.4, 0.5) is 0 Å². The number of thioether (sulfide) groups is 1. The van der Waals surface area contributed by atoms with Gasteiger partial charge in [0.2, 0.25) is 5.91 Å². The summed E-state index contributed by atoms with van der Waals surface area (Å²) in [4.78, 5) is 22.7. The van der Waals surface area contributed by atoms with E-state index in [0.717, 1.165) is 0 Å². The molecule has 0 aromatic rings. The number of amides is 1. The number of hydrogen-bond donors (Lipinski definition) is 2. The molecule has 104 valence electrons. The first kappa shape index (κ1) is 15.3. The van der Waals surface area contributed by atoms with E-state index in [-0.39, 0.29) is 17.9 Å². The number of aliphatic carboxylic acids is 1. The summed E-state index contributed by atoms with van der Waals surface area (Å²) in [5, 5.41) is 11.4. The maximum absolute atomic E-state index is 11.8. The molecule has 1 heterocycles. The van der Waals surface area contributed by atoms with Gasteiger partial charge in [-0.25, -0.2) is 13.2 Å². The fourth-order valence-electron chi connectivity index (χ4n) is 1.78. The molecule has 0 spiro atoms. The van der Waals surface area contributed by atoms with E-state index in [1.165, 1.54) is 11.8 Å². The number of carbonyl (C=O) groups is 2. The molecule has 1 saturated heterocycles. The number of carboxylic acids is 1. The lowest BCUT2D eigenvalue weighted by Gasteiger charge is -2.16. The second kappa shape index (κ2) is 6.42. The van der Waals surface area contributed by atoms with Gasteiger partial charge in [0.05, 0.1) is 17.4 Å². The standard InChI is InChI=1S/C10H17NO5S2/c1-17-4-2-8(10(13)14)11-9(12)7-3-5-18(15,16)6-7/h7-8H,2-6H2,1H3,(H,11,12)(H,13,14). The van der Waals surface area contributed by atoms with Crippen LogP contribution in [0.1, 0.15) is 12.8 Å². The quantitative estimate of drug-likeness (QED) is 0.700. The largest absolute Gasteiger partial charge is 0.480 e. The van der Waals surface area contributed by atoms with Crippen LogP contribution in [0.15, 0.2) is 0 Å². The summed E-state index contributed by atoms with van der Waals surface area (Å²) >= 11 is 1.50. The van der Waals surface area contributed by atoms with Gasteiger partial charge in [-0.05, 0) is 24.9 Å². The van der Waals surface area contributed by atoms with Gasteiger partial charge in [0.1, 0.15) is 6.04 Å².